The van der Waals surface area contributed by atoms with Crippen LogP contribution in [0.5, 0.6) is 0 Å². The van der Waals surface area contributed by atoms with E-state index in [2.05, 4.69) is 20.0 Å². The van der Waals surface area contributed by atoms with Crippen molar-refractivity contribution in [2.24, 2.45) is 0 Å². The summed E-state index contributed by atoms with van der Waals surface area (Å²) in [6.45, 7) is 7.17. The van der Waals surface area contributed by atoms with Crippen molar-refractivity contribution in [3.63, 3.8) is 0 Å². The monoisotopic (exact) mass is 356 g/mol. The van der Waals surface area contributed by atoms with Crippen LogP contribution in [-0.4, -0.2) is 69.9 Å². The molecule has 1 saturated heterocycles. The van der Waals surface area contributed by atoms with Gasteiger partial charge in [-0.3, -0.25) is 9.48 Å². The summed E-state index contributed by atoms with van der Waals surface area (Å²) in [5.41, 5.74) is 2.88. The Morgan fingerprint density at radius 1 is 1.15 bits per heavy atom. The first-order valence-electron chi connectivity index (χ1n) is 9.24. The predicted molar refractivity (Wildman–Crippen MR) is 96.3 cm³/mol. The summed E-state index contributed by atoms with van der Waals surface area (Å²) >= 11 is 0. The molecule has 2 aliphatic heterocycles. The molecule has 0 spiro atoms. The number of nitrogens with zero attached hydrogens (tertiary/aromatic N) is 6. The zero-order valence-electron chi connectivity index (χ0n) is 15.1. The van der Waals surface area contributed by atoms with Gasteiger partial charge >= 0.3 is 0 Å². The molecule has 2 aliphatic rings. The maximum atomic E-state index is 12.9. The van der Waals surface area contributed by atoms with E-state index >= 15 is 0 Å². The van der Waals surface area contributed by atoms with Crippen LogP contribution in [0.2, 0.25) is 0 Å². The number of fused-ring (bicyclic) bond motifs is 1. The summed E-state index contributed by atoms with van der Waals surface area (Å²) in [5.74, 6) is 1.05. The number of aromatic nitrogens is 4. The lowest BCUT2D eigenvalue weighted by Crippen LogP contribution is -2.38. The van der Waals surface area contributed by atoms with Gasteiger partial charge in [-0.05, 0) is 19.4 Å². The topological polar surface area (TPSA) is 76.4 Å². The molecule has 0 aromatic carbocycles. The number of hydrogen-bond acceptors (Lipinski definition) is 6. The van der Waals surface area contributed by atoms with Crippen molar-refractivity contribution in [1.29, 1.82) is 0 Å². The van der Waals surface area contributed by atoms with Gasteiger partial charge in [0.2, 0.25) is 0 Å². The Bertz CT molecular complexity index is 784. The number of aryl methyl sites for hydroxylation is 1. The van der Waals surface area contributed by atoms with Crippen molar-refractivity contribution in [2.45, 2.75) is 26.3 Å². The van der Waals surface area contributed by atoms with Crippen LogP contribution in [-0.2, 0) is 24.1 Å². The molecule has 0 saturated carbocycles. The van der Waals surface area contributed by atoms with Gasteiger partial charge in [-0.2, -0.15) is 5.10 Å². The molecule has 4 rings (SSSR count). The Hall–Kier alpha value is -2.48. The highest BCUT2D eigenvalue weighted by Crippen LogP contribution is 2.25. The Morgan fingerprint density at radius 3 is 2.77 bits per heavy atom. The molecule has 8 heteroatoms. The normalized spacial score (nSPS) is 17.7. The van der Waals surface area contributed by atoms with E-state index in [9.17, 15) is 4.79 Å². The van der Waals surface area contributed by atoms with Gasteiger partial charge in [0.05, 0.1) is 18.9 Å². The van der Waals surface area contributed by atoms with E-state index < -0.39 is 0 Å². The lowest BCUT2D eigenvalue weighted by molar-refractivity contribution is 0.0750. The van der Waals surface area contributed by atoms with Crippen LogP contribution in [0.25, 0.3) is 0 Å². The first-order valence-corrected chi connectivity index (χ1v) is 9.24. The van der Waals surface area contributed by atoms with Crippen molar-refractivity contribution in [3.8, 4) is 0 Å². The first kappa shape index (κ1) is 17.0. The summed E-state index contributed by atoms with van der Waals surface area (Å²) < 4.78 is 7.20. The van der Waals surface area contributed by atoms with Crippen LogP contribution in [0, 0.1) is 0 Å². The smallest absolute Gasteiger partial charge is 0.272 e. The number of amides is 1. The molecule has 4 heterocycles. The fraction of sp³-hybridized carbons (Fsp3) is 0.556. The lowest BCUT2D eigenvalue weighted by atomic mass is 10.1. The van der Waals surface area contributed by atoms with Gasteiger partial charge in [0.15, 0.2) is 0 Å². The minimum Gasteiger partial charge on any atom is -0.378 e. The van der Waals surface area contributed by atoms with Crippen LogP contribution < -0.4 is 4.90 Å². The average Bonchev–Trinajstić information content (AvgIpc) is 3.07. The largest absolute Gasteiger partial charge is 0.378 e. The Morgan fingerprint density at radius 2 is 1.96 bits per heavy atom. The molecule has 0 N–H and O–H groups in total. The van der Waals surface area contributed by atoms with E-state index in [0.717, 1.165) is 50.7 Å². The van der Waals surface area contributed by atoms with E-state index in [1.165, 1.54) is 5.56 Å². The number of morpholine rings is 1. The van der Waals surface area contributed by atoms with Crippen molar-refractivity contribution >= 4 is 11.7 Å². The van der Waals surface area contributed by atoms with Crippen molar-refractivity contribution in [2.75, 3.05) is 44.3 Å². The fourth-order valence-electron chi connectivity index (χ4n) is 3.69. The van der Waals surface area contributed by atoms with Gasteiger partial charge in [-0.1, -0.05) is 0 Å². The Balaban J connectivity index is 1.55. The Kier molecular flexibility index (Phi) is 4.83. The SMILES string of the molecule is CCn1nccc1C(=O)N1CCc2ncnc(N3CCOCC3)c2CC1. The summed E-state index contributed by atoms with van der Waals surface area (Å²) in [5, 5.41) is 4.22. The highest BCUT2D eigenvalue weighted by atomic mass is 16.5. The van der Waals surface area contributed by atoms with Crippen LogP contribution in [0.1, 0.15) is 28.7 Å². The quantitative estimate of drug-likeness (QED) is 0.809. The molecular weight excluding hydrogens is 332 g/mol. The van der Waals surface area contributed by atoms with Crippen molar-refractivity contribution in [3.05, 3.63) is 35.5 Å². The van der Waals surface area contributed by atoms with Crippen molar-refractivity contribution in [1.82, 2.24) is 24.6 Å². The molecule has 0 aliphatic carbocycles. The van der Waals surface area contributed by atoms with E-state index in [4.69, 9.17) is 4.74 Å². The number of rotatable bonds is 3. The predicted octanol–water partition coefficient (Wildman–Crippen LogP) is 0.771. The second-order valence-electron chi connectivity index (χ2n) is 6.55. The van der Waals surface area contributed by atoms with Gasteiger partial charge in [0.1, 0.15) is 17.8 Å². The third-order valence-corrected chi connectivity index (χ3v) is 5.10. The molecule has 0 unspecified atom stereocenters. The molecule has 2 aromatic rings. The molecule has 0 radical (unpaired) electrons. The number of ether oxygens (including phenoxy) is 1. The molecular formula is C18H24N6O2. The summed E-state index contributed by atoms with van der Waals surface area (Å²) in [6.07, 6.45) is 4.86. The summed E-state index contributed by atoms with van der Waals surface area (Å²) in [7, 11) is 0. The van der Waals surface area contributed by atoms with E-state index in [-0.39, 0.29) is 5.91 Å². The van der Waals surface area contributed by atoms with E-state index in [0.29, 0.717) is 25.3 Å². The number of carbonyl (C=O) groups excluding carboxylic acids is 1. The second-order valence-corrected chi connectivity index (χ2v) is 6.55. The van der Waals surface area contributed by atoms with E-state index in [1.807, 2.05) is 11.8 Å². The zero-order chi connectivity index (χ0) is 17.9. The lowest BCUT2D eigenvalue weighted by Gasteiger charge is -2.29. The summed E-state index contributed by atoms with van der Waals surface area (Å²) in [6, 6.07) is 1.79. The molecule has 2 aromatic heterocycles. The second kappa shape index (κ2) is 7.41. The van der Waals surface area contributed by atoms with Gasteiger partial charge < -0.3 is 14.5 Å². The molecule has 1 amide bonds. The maximum Gasteiger partial charge on any atom is 0.272 e. The minimum absolute atomic E-state index is 0.0398. The molecule has 1 fully saturated rings. The van der Waals surface area contributed by atoms with Crippen LogP contribution in [0.15, 0.2) is 18.6 Å². The fourth-order valence-corrected chi connectivity index (χ4v) is 3.69. The van der Waals surface area contributed by atoms with Crippen LogP contribution >= 0.6 is 0 Å². The number of anilines is 1. The molecule has 0 bridgehead atoms. The molecule has 138 valence electrons. The average molecular weight is 356 g/mol. The van der Waals surface area contributed by atoms with Gasteiger partial charge in [0, 0.05) is 50.9 Å². The highest BCUT2D eigenvalue weighted by Gasteiger charge is 2.26. The standard InChI is InChI=1S/C18H24N6O2/c1-2-24-16(3-6-21-24)18(25)23-7-4-14-15(5-8-23)19-13-20-17(14)22-9-11-26-12-10-22/h3,6,13H,2,4-5,7-12H2,1H3. The van der Waals surface area contributed by atoms with Gasteiger partial charge in [-0.15, -0.1) is 0 Å². The zero-order valence-corrected chi connectivity index (χ0v) is 15.1. The first-order chi connectivity index (χ1) is 12.8. The van der Waals surface area contributed by atoms with Gasteiger partial charge in [0.25, 0.3) is 5.91 Å². The molecule has 26 heavy (non-hydrogen) atoms. The molecule has 0 atom stereocenters. The van der Waals surface area contributed by atoms with Gasteiger partial charge in [-0.25, -0.2) is 9.97 Å². The summed E-state index contributed by atoms with van der Waals surface area (Å²) in [4.78, 5) is 26.2. The van der Waals surface area contributed by atoms with E-state index in [1.54, 1.807) is 23.3 Å². The maximum absolute atomic E-state index is 12.9. The number of carbonyl (C=O) groups is 1. The van der Waals surface area contributed by atoms with Crippen molar-refractivity contribution < 1.29 is 9.53 Å². The number of hydrogen-bond donors (Lipinski definition) is 0. The highest BCUT2D eigenvalue weighted by molar-refractivity contribution is 5.92. The third kappa shape index (κ3) is 3.16. The molecule has 8 nitrogen and oxygen atoms in total. The Labute approximate surface area is 152 Å². The minimum atomic E-state index is 0.0398. The van der Waals surface area contributed by atoms with Crippen LogP contribution in [0.3, 0.4) is 0 Å². The van der Waals surface area contributed by atoms with Crippen LogP contribution in [0.4, 0.5) is 5.82 Å². The third-order valence-electron chi connectivity index (χ3n) is 5.10.